The van der Waals surface area contributed by atoms with Gasteiger partial charge in [0.05, 0.1) is 12.8 Å². The highest BCUT2D eigenvalue weighted by Gasteiger charge is 2.18. The highest BCUT2D eigenvalue weighted by molar-refractivity contribution is 7.99. The highest BCUT2D eigenvalue weighted by atomic mass is 32.2. The molecule has 0 atom stereocenters. The molecule has 5 nitrogen and oxygen atoms in total. The van der Waals surface area contributed by atoms with Crippen molar-refractivity contribution in [3.8, 4) is 11.5 Å². The molecule has 0 spiro atoms. The van der Waals surface area contributed by atoms with Crippen LogP contribution in [0.2, 0.25) is 0 Å². The van der Waals surface area contributed by atoms with Crippen LogP contribution in [0.3, 0.4) is 0 Å². The Kier molecular flexibility index (Phi) is 3.62. The molecule has 3 rings (SSSR count). The van der Waals surface area contributed by atoms with Crippen molar-refractivity contribution in [1.82, 2.24) is 0 Å². The van der Waals surface area contributed by atoms with Crippen LogP contribution in [0.25, 0.3) is 0 Å². The number of amides is 1. The minimum Gasteiger partial charge on any atom is -0.497 e. The summed E-state index contributed by atoms with van der Waals surface area (Å²) in [5.74, 6) is 1.25. The van der Waals surface area contributed by atoms with Crippen molar-refractivity contribution in [1.29, 1.82) is 0 Å². The van der Waals surface area contributed by atoms with Gasteiger partial charge in [-0.1, -0.05) is 11.8 Å². The molecule has 1 aliphatic rings. The fraction of sp³-hybridized carbons (Fsp3) is 0.133. The van der Waals surface area contributed by atoms with Crippen LogP contribution < -0.4 is 20.5 Å². The number of methoxy groups -OCH3 is 1. The maximum Gasteiger partial charge on any atom is 0.262 e. The number of hydrogen-bond acceptors (Lipinski definition) is 5. The van der Waals surface area contributed by atoms with Crippen LogP contribution in [0.1, 0.15) is 0 Å². The summed E-state index contributed by atoms with van der Waals surface area (Å²) in [6, 6.07) is 11.3. The van der Waals surface area contributed by atoms with E-state index in [0.717, 1.165) is 15.5 Å². The molecular weight excluding hydrogens is 288 g/mol. The fourth-order valence-corrected chi connectivity index (χ4v) is 2.86. The van der Waals surface area contributed by atoms with Crippen LogP contribution in [0.15, 0.2) is 46.2 Å². The molecule has 0 bridgehead atoms. The van der Waals surface area contributed by atoms with Crippen LogP contribution in [-0.4, -0.2) is 19.6 Å². The molecule has 1 heterocycles. The Morgan fingerprint density at radius 3 is 2.76 bits per heavy atom. The van der Waals surface area contributed by atoms with Gasteiger partial charge in [-0.05, 0) is 30.3 Å². The molecule has 0 aromatic heterocycles. The number of nitrogens with one attached hydrogen (secondary N) is 1. The molecule has 6 heteroatoms. The second kappa shape index (κ2) is 5.57. The minimum absolute atomic E-state index is 0.0252. The molecule has 108 valence electrons. The summed E-state index contributed by atoms with van der Waals surface area (Å²) < 4.78 is 10.5. The quantitative estimate of drug-likeness (QED) is 0.853. The van der Waals surface area contributed by atoms with Gasteiger partial charge >= 0.3 is 0 Å². The number of anilines is 2. The molecule has 1 aliphatic heterocycles. The van der Waals surface area contributed by atoms with Crippen molar-refractivity contribution < 1.29 is 14.3 Å². The number of hydrogen-bond donors (Lipinski definition) is 2. The zero-order valence-corrected chi connectivity index (χ0v) is 12.2. The summed E-state index contributed by atoms with van der Waals surface area (Å²) >= 11 is 1.52. The van der Waals surface area contributed by atoms with Crippen molar-refractivity contribution in [3.63, 3.8) is 0 Å². The lowest BCUT2D eigenvalue weighted by atomic mass is 10.2. The molecule has 0 saturated carbocycles. The van der Waals surface area contributed by atoms with E-state index >= 15 is 0 Å². The molecule has 3 N–H and O–H groups in total. The van der Waals surface area contributed by atoms with E-state index in [9.17, 15) is 4.79 Å². The number of nitrogens with two attached hydrogens (primary N) is 1. The van der Waals surface area contributed by atoms with Gasteiger partial charge in [-0.3, -0.25) is 4.79 Å². The van der Waals surface area contributed by atoms with E-state index in [1.807, 2.05) is 30.3 Å². The molecule has 2 aromatic rings. The Labute approximate surface area is 126 Å². The zero-order valence-electron chi connectivity index (χ0n) is 11.4. The van der Waals surface area contributed by atoms with E-state index in [-0.39, 0.29) is 12.5 Å². The normalized spacial score (nSPS) is 13.1. The van der Waals surface area contributed by atoms with E-state index in [4.69, 9.17) is 15.2 Å². The molecule has 0 saturated heterocycles. The van der Waals surface area contributed by atoms with Crippen LogP contribution >= 0.6 is 11.8 Å². The first kappa shape index (κ1) is 13.6. The molecule has 0 radical (unpaired) electrons. The van der Waals surface area contributed by atoms with E-state index < -0.39 is 0 Å². The highest BCUT2D eigenvalue weighted by Crippen LogP contribution is 2.40. The van der Waals surface area contributed by atoms with Crippen molar-refractivity contribution in [2.45, 2.75) is 9.79 Å². The fourth-order valence-electron chi connectivity index (χ4n) is 1.98. The Balaban J connectivity index is 1.87. The third-order valence-electron chi connectivity index (χ3n) is 3.03. The number of ether oxygens (including phenoxy) is 2. The van der Waals surface area contributed by atoms with Crippen LogP contribution in [-0.2, 0) is 4.79 Å². The molecule has 21 heavy (non-hydrogen) atoms. The van der Waals surface area contributed by atoms with Crippen LogP contribution in [0.5, 0.6) is 11.5 Å². The Bertz CT molecular complexity index is 686. The molecule has 0 aliphatic carbocycles. The van der Waals surface area contributed by atoms with E-state index in [1.54, 1.807) is 13.2 Å². The van der Waals surface area contributed by atoms with Gasteiger partial charge in [0.25, 0.3) is 5.91 Å². The summed E-state index contributed by atoms with van der Waals surface area (Å²) in [4.78, 5) is 13.3. The number of carbonyl (C=O) groups excluding carboxylic acids is 1. The SMILES string of the molecule is COc1ccc(Sc2cc3c(cc2N)OCC(=O)N3)cc1. The second-order valence-electron chi connectivity index (χ2n) is 4.50. The third kappa shape index (κ3) is 2.90. The minimum atomic E-state index is -0.160. The lowest BCUT2D eigenvalue weighted by Crippen LogP contribution is -2.25. The number of carbonyl (C=O) groups is 1. The van der Waals surface area contributed by atoms with Gasteiger partial charge in [0.1, 0.15) is 11.5 Å². The summed E-state index contributed by atoms with van der Waals surface area (Å²) in [7, 11) is 1.63. The van der Waals surface area contributed by atoms with Crippen molar-refractivity contribution in [2.75, 3.05) is 24.8 Å². The molecular formula is C15H14N2O3S. The third-order valence-corrected chi connectivity index (χ3v) is 4.11. The summed E-state index contributed by atoms with van der Waals surface area (Å²) in [5, 5.41) is 2.78. The van der Waals surface area contributed by atoms with Gasteiger partial charge in [0, 0.05) is 21.5 Å². The summed E-state index contributed by atoms with van der Waals surface area (Å²) in [6.45, 7) is 0.0252. The molecule has 0 unspecified atom stereocenters. The maximum atomic E-state index is 11.4. The average molecular weight is 302 g/mol. The number of nitrogen functional groups attached to an aromatic ring is 1. The lowest BCUT2D eigenvalue weighted by molar-refractivity contribution is -0.118. The monoisotopic (exact) mass is 302 g/mol. The number of fused-ring (bicyclic) bond motifs is 1. The maximum absolute atomic E-state index is 11.4. The number of benzene rings is 2. The smallest absolute Gasteiger partial charge is 0.262 e. The van der Waals surface area contributed by atoms with Gasteiger partial charge < -0.3 is 20.5 Å². The molecule has 0 fully saturated rings. The topological polar surface area (TPSA) is 73.6 Å². The standard InChI is InChI=1S/C15H14N2O3S/c1-19-9-2-4-10(5-3-9)21-14-7-12-13(6-11(14)16)20-8-15(18)17-12/h2-7H,8,16H2,1H3,(H,17,18). The predicted molar refractivity (Wildman–Crippen MR) is 82.1 cm³/mol. The Morgan fingerprint density at radius 1 is 1.29 bits per heavy atom. The molecule has 2 aromatic carbocycles. The average Bonchev–Trinajstić information content (AvgIpc) is 2.49. The first-order chi connectivity index (χ1) is 10.2. The van der Waals surface area contributed by atoms with Crippen LogP contribution in [0.4, 0.5) is 11.4 Å². The summed E-state index contributed by atoms with van der Waals surface area (Å²) in [5.41, 5.74) is 7.31. The lowest BCUT2D eigenvalue weighted by Gasteiger charge is -2.19. The van der Waals surface area contributed by atoms with Crippen molar-refractivity contribution in [3.05, 3.63) is 36.4 Å². The van der Waals surface area contributed by atoms with Gasteiger partial charge in [0.15, 0.2) is 6.61 Å². The molecule has 1 amide bonds. The summed E-state index contributed by atoms with van der Waals surface area (Å²) in [6.07, 6.45) is 0. The van der Waals surface area contributed by atoms with Crippen molar-refractivity contribution >= 4 is 29.0 Å². The van der Waals surface area contributed by atoms with Crippen molar-refractivity contribution in [2.24, 2.45) is 0 Å². The van der Waals surface area contributed by atoms with E-state index in [2.05, 4.69) is 5.32 Å². The zero-order chi connectivity index (χ0) is 14.8. The van der Waals surface area contributed by atoms with Gasteiger partial charge in [-0.2, -0.15) is 0 Å². The first-order valence-electron chi connectivity index (χ1n) is 6.34. The van der Waals surface area contributed by atoms with Crippen LogP contribution in [0, 0.1) is 0 Å². The van der Waals surface area contributed by atoms with Gasteiger partial charge in [0.2, 0.25) is 0 Å². The largest absolute Gasteiger partial charge is 0.497 e. The van der Waals surface area contributed by atoms with E-state index in [0.29, 0.717) is 17.1 Å². The van der Waals surface area contributed by atoms with Gasteiger partial charge in [-0.25, -0.2) is 0 Å². The second-order valence-corrected chi connectivity index (χ2v) is 5.62. The first-order valence-corrected chi connectivity index (χ1v) is 7.15. The van der Waals surface area contributed by atoms with Gasteiger partial charge in [-0.15, -0.1) is 0 Å². The Morgan fingerprint density at radius 2 is 2.05 bits per heavy atom. The Hall–Kier alpha value is -2.34. The predicted octanol–water partition coefficient (Wildman–Crippen LogP) is 2.76. The number of rotatable bonds is 3. The van der Waals surface area contributed by atoms with E-state index in [1.165, 1.54) is 11.8 Å².